The number of sulfone groups is 1. The molecule has 0 aliphatic carbocycles. The predicted molar refractivity (Wildman–Crippen MR) is 67.3 cm³/mol. The lowest BCUT2D eigenvalue weighted by Crippen LogP contribution is -2.31. The molecule has 96 valence electrons. The van der Waals surface area contributed by atoms with Crippen LogP contribution in [0.4, 0.5) is 0 Å². The molecule has 0 spiro atoms. The number of carboxylic acid groups (broad SMARTS) is 1. The standard InChI is InChI=1S/C10H15NO4S2/c1-7(6-17(2,14)15)11-4-9-3-8(5-16-9)10(12)13/h3,5,7,11H,4,6H2,1-2H3,(H,12,13). The third-order valence-electron chi connectivity index (χ3n) is 2.08. The summed E-state index contributed by atoms with van der Waals surface area (Å²) in [6.45, 7) is 2.27. The van der Waals surface area contributed by atoms with E-state index in [4.69, 9.17) is 5.11 Å². The Hall–Kier alpha value is -0.920. The van der Waals surface area contributed by atoms with Crippen molar-refractivity contribution in [1.29, 1.82) is 0 Å². The summed E-state index contributed by atoms with van der Waals surface area (Å²) in [5, 5.41) is 13.4. The van der Waals surface area contributed by atoms with Gasteiger partial charge >= 0.3 is 5.97 Å². The number of carboxylic acids is 1. The molecule has 7 heteroatoms. The van der Waals surface area contributed by atoms with E-state index in [0.29, 0.717) is 6.54 Å². The van der Waals surface area contributed by atoms with E-state index in [1.807, 2.05) is 0 Å². The van der Waals surface area contributed by atoms with Crippen LogP contribution >= 0.6 is 11.3 Å². The monoisotopic (exact) mass is 277 g/mol. The number of hydrogen-bond donors (Lipinski definition) is 2. The summed E-state index contributed by atoms with van der Waals surface area (Å²) >= 11 is 1.35. The Balaban J connectivity index is 2.47. The second-order valence-electron chi connectivity index (χ2n) is 3.98. The molecular formula is C10H15NO4S2. The SMILES string of the molecule is CC(CS(C)(=O)=O)NCc1cc(C(=O)O)cs1. The van der Waals surface area contributed by atoms with Crippen molar-refractivity contribution in [1.82, 2.24) is 5.32 Å². The molecule has 2 N–H and O–H groups in total. The Bertz CT molecular complexity index is 492. The van der Waals surface area contributed by atoms with E-state index in [9.17, 15) is 13.2 Å². The van der Waals surface area contributed by atoms with Crippen LogP contribution in [0.5, 0.6) is 0 Å². The molecule has 5 nitrogen and oxygen atoms in total. The van der Waals surface area contributed by atoms with Crippen LogP contribution in [0.2, 0.25) is 0 Å². The zero-order chi connectivity index (χ0) is 13.1. The van der Waals surface area contributed by atoms with Gasteiger partial charge in [-0.05, 0) is 13.0 Å². The molecule has 17 heavy (non-hydrogen) atoms. The molecule has 0 radical (unpaired) electrons. The summed E-state index contributed by atoms with van der Waals surface area (Å²) in [6.07, 6.45) is 1.19. The maximum atomic E-state index is 11.0. The van der Waals surface area contributed by atoms with Crippen molar-refractivity contribution in [2.24, 2.45) is 0 Å². The molecule has 1 aromatic rings. The van der Waals surface area contributed by atoms with Gasteiger partial charge in [0.2, 0.25) is 0 Å². The van der Waals surface area contributed by atoms with Crippen LogP contribution in [-0.2, 0) is 16.4 Å². The van der Waals surface area contributed by atoms with Crippen molar-refractivity contribution in [3.63, 3.8) is 0 Å². The van der Waals surface area contributed by atoms with Crippen molar-refractivity contribution in [2.45, 2.75) is 19.5 Å². The van der Waals surface area contributed by atoms with E-state index in [1.54, 1.807) is 18.4 Å². The van der Waals surface area contributed by atoms with Gasteiger partial charge in [-0.1, -0.05) is 0 Å². The highest BCUT2D eigenvalue weighted by Gasteiger charge is 2.11. The van der Waals surface area contributed by atoms with Crippen LogP contribution in [0.25, 0.3) is 0 Å². The van der Waals surface area contributed by atoms with E-state index < -0.39 is 15.8 Å². The first-order valence-corrected chi connectivity index (χ1v) is 7.94. The third kappa shape index (κ3) is 5.29. The molecule has 0 bridgehead atoms. The average molecular weight is 277 g/mol. The van der Waals surface area contributed by atoms with Crippen molar-refractivity contribution < 1.29 is 18.3 Å². The van der Waals surface area contributed by atoms with Crippen molar-refractivity contribution in [2.75, 3.05) is 12.0 Å². The fraction of sp³-hybridized carbons (Fsp3) is 0.500. The molecule has 1 atom stereocenters. The summed E-state index contributed by atoms with van der Waals surface area (Å²) in [6, 6.07) is 1.44. The maximum Gasteiger partial charge on any atom is 0.336 e. The molecule has 0 amide bonds. The molecule has 0 saturated carbocycles. The van der Waals surface area contributed by atoms with Gasteiger partial charge in [-0.25, -0.2) is 13.2 Å². The number of thiophene rings is 1. The Morgan fingerprint density at radius 2 is 2.24 bits per heavy atom. The number of nitrogens with one attached hydrogen (secondary N) is 1. The van der Waals surface area contributed by atoms with Crippen LogP contribution in [0, 0.1) is 0 Å². The average Bonchev–Trinajstić information content (AvgIpc) is 2.60. The Labute approximate surface area is 104 Å². The lowest BCUT2D eigenvalue weighted by Gasteiger charge is -2.11. The molecule has 0 aliphatic rings. The van der Waals surface area contributed by atoms with Gasteiger partial charge in [-0.3, -0.25) is 0 Å². The fourth-order valence-corrected chi connectivity index (χ4v) is 3.21. The van der Waals surface area contributed by atoms with Crippen molar-refractivity contribution in [3.8, 4) is 0 Å². The quantitative estimate of drug-likeness (QED) is 0.809. The second kappa shape index (κ2) is 5.61. The minimum atomic E-state index is -2.99. The van der Waals surface area contributed by atoms with Gasteiger partial charge in [0.25, 0.3) is 0 Å². The highest BCUT2D eigenvalue weighted by atomic mass is 32.2. The van der Waals surface area contributed by atoms with Gasteiger partial charge in [-0.15, -0.1) is 11.3 Å². The Morgan fingerprint density at radius 3 is 2.71 bits per heavy atom. The van der Waals surface area contributed by atoms with Gasteiger partial charge in [0.1, 0.15) is 9.84 Å². The van der Waals surface area contributed by atoms with E-state index in [-0.39, 0.29) is 17.4 Å². The summed E-state index contributed by atoms with van der Waals surface area (Å²) in [5.74, 6) is -0.874. The predicted octanol–water partition coefficient (Wildman–Crippen LogP) is 0.969. The van der Waals surface area contributed by atoms with Gasteiger partial charge in [0.05, 0.1) is 11.3 Å². The molecule has 1 unspecified atom stereocenters. The molecule has 1 heterocycles. The minimum Gasteiger partial charge on any atom is -0.478 e. The molecule has 1 aromatic heterocycles. The number of hydrogen-bond acceptors (Lipinski definition) is 5. The Kier molecular flexibility index (Phi) is 4.67. The van der Waals surface area contributed by atoms with Crippen LogP contribution in [0.3, 0.4) is 0 Å². The molecule has 0 aromatic carbocycles. The largest absolute Gasteiger partial charge is 0.478 e. The minimum absolute atomic E-state index is 0.0736. The third-order valence-corrected chi connectivity index (χ3v) is 4.12. The summed E-state index contributed by atoms with van der Waals surface area (Å²) in [5.41, 5.74) is 0.266. The van der Waals surface area contributed by atoms with Gasteiger partial charge in [0, 0.05) is 29.1 Å². The van der Waals surface area contributed by atoms with Crippen molar-refractivity contribution in [3.05, 3.63) is 21.9 Å². The van der Waals surface area contributed by atoms with Gasteiger partial charge in [0.15, 0.2) is 0 Å². The molecule has 0 saturated heterocycles. The van der Waals surface area contributed by atoms with E-state index in [1.165, 1.54) is 17.6 Å². The van der Waals surface area contributed by atoms with Crippen LogP contribution in [0.15, 0.2) is 11.4 Å². The summed E-state index contributed by atoms with van der Waals surface area (Å²) in [4.78, 5) is 11.5. The lowest BCUT2D eigenvalue weighted by atomic mass is 10.3. The Morgan fingerprint density at radius 1 is 1.59 bits per heavy atom. The zero-order valence-electron chi connectivity index (χ0n) is 9.63. The van der Waals surface area contributed by atoms with Crippen LogP contribution in [-0.4, -0.2) is 37.5 Å². The molecular weight excluding hydrogens is 262 g/mol. The normalized spacial score (nSPS) is 13.5. The first-order valence-electron chi connectivity index (χ1n) is 5.00. The summed E-state index contributed by atoms with van der Waals surface area (Å²) < 4.78 is 22.1. The van der Waals surface area contributed by atoms with Crippen LogP contribution < -0.4 is 5.32 Å². The highest BCUT2D eigenvalue weighted by Crippen LogP contribution is 2.14. The zero-order valence-corrected chi connectivity index (χ0v) is 11.3. The molecule has 0 fully saturated rings. The van der Waals surface area contributed by atoms with Gasteiger partial charge < -0.3 is 10.4 Å². The highest BCUT2D eigenvalue weighted by molar-refractivity contribution is 7.90. The van der Waals surface area contributed by atoms with Crippen molar-refractivity contribution >= 4 is 27.1 Å². The van der Waals surface area contributed by atoms with E-state index in [0.717, 1.165) is 4.88 Å². The summed E-state index contributed by atoms with van der Waals surface area (Å²) in [7, 11) is -2.99. The first kappa shape index (κ1) is 14.1. The number of rotatable bonds is 6. The van der Waals surface area contributed by atoms with Gasteiger partial charge in [-0.2, -0.15) is 0 Å². The number of aromatic carboxylic acids is 1. The van der Waals surface area contributed by atoms with Crippen LogP contribution in [0.1, 0.15) is 22.2 Å². The first-order chi connectivity index (χ1) is 7.78. The lowest BCUT2D eigenvalue weighted by molar-refractivity contribution is 0.0697. The topological polar surface area (TPSA) is 83.5 Å². The van der Waals surface area contributed by atoms with E-state index >= 15 is 0 Å². The molecule has 0 aliphatic heterocycles. The smallest absolute Gasteiger partial charge is 0.336 e. The maximum absolute atomic E-state index is 11.0. The number of carbonyl (C=O) groups is 1. The van der Waals surface area contributed by atoms with E-state index in [2.05, 4.69) is 5.32 Å². The second-order valence-corrected chi connectivity index (χ2v) is 7.16. The molecule has 1 rings (SSSR count). The fourth-order valence-electron chi connectivity index (χ4n) is 1.37.